The summed E-state index contributed by atoms with van der Waals surface area (Å²) in [5.41, 5.74) is 2.83. The van der Waals surface area contributed by atoms with Gasteiger partial charge in [-0.3, -0.25) is 10.1 Å². The number of hydrogen-bond donors (Lipinski definition) is 1. The SMILES string of the molecule is c1cnc(-c2noc(-c3cn[nH]c3-c3ccc4c(c3)OCO4)n2)cn1. The molecule has 1 N–H and O–H groups in total. The van der Waals surface area contributed by atoms with E-state index < -0.39 is 0 Å². The van der Waals surface area contributed by atoms with Crippen LogP contribution in [0.4, 0.5) is 0 Å². The fourth-order valence-corrected chi connectivity index (χ4v) is 2.57. The van der Waals surface area contributed by atoms with Crippen molar-refractivity contribution < 1.29 is 14.0 Å². The van der Waals surface area contributed by atoms with E-state index in [2.05, 4.69) is 30.3 Å². The minimum atomic E-state index is 0.222. The molecule has 5 rings (SSSR count). The van der Waals surface area contributed by atoms with Gasteiger partial charge in [0.25, 0.3) is 5.89 Å². The van der Waals surface area contributed by atoms with E-state index in [1.807, 2.05) is 18.2 Å². The van der Waals surface area contributed by atoms with Gasteiger partial charge in [0.1, 0.15) is 5.69 Å². The van der Waals surface area contributed by atoms with Crippen molar-refractivity contribution in [1.29, 1.82) is 0 Å². The van der Waals surface area contributed by atoms with E-state index in [0.717, 1.165) is 11.3 Å². The molecule has 1 aliphatic rings. The maximum Gasteiger partial charge on any atom is 0.262 e. The predicted octanol–water partition coefficient (Wildman–Crippen LogP) is 2.31. The van der Waals surface area contributed by atoms with Gasteiger partial charge in [-0.1, -0.05) is 5.16 Å². The Kier molecular flexibility index (Phi) is 2.96. The van der Waals surface area contributed by atoms with Gasteiger partial charge in [0, 0.05) is 18.0 Å². The van der Waals surface area contributed by atoms with Crippen LogP contribution >= 0.6 is 0 Å². The molecule has 122 valence electrons. The van der Waals surface area contributed by atoms with E-state index in [-0.39, 0.29) is 6.79 Å². The first-order valence-corrected chi connectivity index (χ1v) is 7.42. The van der Waals surface area contributed by atoms with Gasteiger partial charge in [0.2, 0.25) is 12.6 Å². The van der Waals surface area contributed by atoms with Crippen LogP contribution in [0.2, 0.25) is 0 Å². The zero-order chi connectivity index (χ0) is 16.6. The molecule has 3 aromatic heterocycles. The van der Waals surface area contributed by atoms with Crippen LogP contribution in [0.5, 0.6) is 11.5 Å². The second-order valence-electron chi connectivity index (χ2n) is 5.24. The molecule has 1 aromatic carbocycles. The van der Waals surface area contributed by atoms with E-state index in [9.17, 15) is 0 Å². The van der Waals surface area contributed by atoms with Gasteiger partial charge in [-0.15, -0.1) is 0 Å². The van der Waals surface area contributed by atoms with Gasteiger partial charge >= 0.3 is 0 Å². The Hall–Kier alpha value is -3.75. The maximum atomic E-state index is 5.42. The van der Waals surface area contributed by atoms with E-state index in [4.69, 9.17) is 14.0 Å². The molecule has 1 aliphatic heterocycles. The highest BCUT2D eigenvalue weighted by atomic mass is 16.7. The Morgan fingerprint density at radius 1 is 1.04 bits per heavy atom. The van der Waals surface area contributed by atoms with Crippen LogP contribution < -0.4 is 9.47 Å². The number of benzene rings is 1. The molecule has 0 amide bonds. The first-order valence-electron chi connectivity index (χ1n) is 7.42. The Morgan fingerprint density at radius 3 is 2.92 bits per heavy atom. The molecule has 9 heteroatoms. The molecule has 4 aromatic rings. The van der Waals surface area contributed by atoms with Crippen molar-refractivity contribution in [3.63, 3.8) is 0 Å². The summed E-state index contributed by atoms with van der Waals surface area (Å²) in [7, 11) is 0. The van der Waals surface area contributed by atoms with Gasteiger partial charge in [0.15, 0.2) is 11.5 Å². The summed E-state index contributed by atoms with van der Waals surface area (Å²) < 4.78 is 16.1. The summed E-state index contributed by atoms with van der Waals surface area (Å²) in [4.78, 5) is 12.6. The molecule has 0 saturated heterocycles. The Morgan fingerprint density at radius 2 is 2.00 bits per heavy atom. The van der Waals surface area contributed by atoms with Gasteiger partial charge < -0.3 is 14.0 Å². The number of H-pyrrole nitrogens is 1. The maximum absolute atomic E-state index is 5.42. The van der Waals surface area contributed by atoms with Crippen LogP contribution in [-0.4, -0.2) is 37.1 Å². The van der Waals surface area contributed by atoms with Gasteiger partial charge in [-0.05, 0) is 18.2 Å². The molecule has 0 atom stereocenters. The summed E-state index contributed by atoms with van der Waals surface area (Å²) in [5, 5.41) is 11.0. The topological polar surface area (TPSA) is 112 Å². The number of fused-ring (bicyclic) bond motifs is 1. The summed E-state index contributed by atoms with van der Waals surface area (Å²) >= 11 is 0. The first kappa shape index (κ1) is 13.7. The summed E-state index contributed by atoms with van der Waals surface area (Å²) in [6.07, 6.45) is 6.36. The third-order valence-electron chi connectivity index (χ3n) is 3.75. The predicted molar refractivity (Wildman–Crippen MR) is 84.5 cm³/mol. The van der Waals surface area contributed by atoms with Crippen molar-refractivity contribution in [3.8, 4) is 45.7 Å². The minimum Gasteiger partial charge on any atom is -0.454 e. The normalized spacial score (nSPS) is 12.5. The second-order valence-corrected chi connectivity index (χ2v) is 5.24. The van der Waals surface area contributed by atoms with Crippen LogP contribution in [-0.2, 0) is 0 Å². The first-order chi connectivity index (χ1) is 12.4. The van der Waals surface area contributed by atoms with Crippen molar-refractivity contribution in [2.45, 2.75) is 0 Å². The zero-order valence-corrected chi connectivity index (χ0v) is 12.7. The Labute approximate surface area is 140 Å². The molecule has 0 aliphatic carbocycles. The molecule has 0 fully saturated rings. The number of nitrogens with one attached hydrogen (secondary N) is 1. The van der Waals surface area contributed by atoms with Crippen molar-refractivity contribution in [2.75, 3.05) is 6.79 Å². The van der Waals surface area contributed by atoms with Gasteiger partial charge in [0.05, 0.1) is 23.7 Å². The number of rotatable bonds is 3. The molecule has 0 bridgehead atoms. The van der Waals surface area contributed by atoms with Gasteiger partial charge in [-0.25, -0.2) is 4.98 Å². The summed E-state index contributed by atoms with van der Waals surface area (Å²) in [6.45, 7) is 0.222. The number of nitrogens with zero attached hydrogens (tertiary/aromatic N) is 5. The lowest BCUT2D eigenvalue weighted by Crippen LogP contribution is -1.92. The molecule has 0 radical (unpaired) electrons. The van der Waals surface area contributed by atoms with Gasteiger partial charge in [-0.2, -0.15) is 10.1 Å². The van der Waals surface area contributed by atoms with E-state index in [0.29, 0.717) is 34.5 Å². The van der Waals surface area contributed by atoms with E-state index in [1.54, 1.807) is 24.8 Å². The largest absolute Gasteiger partial charge is 0.454 e. The van der Waals surface area contributed by atoms with E-state index >= 15 is 0 Å². The molecule has 0 saturated carbocycles. The molecular weight excluding hydrogens is 324 g/mol. The highest BCUT2D eigenvalue weighted by Crippen LogP contribution is 2.38. The average molecular weight is 334 g/mol. The lowest BCUT2D eigenvalue weighted by Gasteiger charge is -2.02. The van der Waals surface area contributed by atoms with Crippen LogP contribution in [0.15, 0.2) is 47.5 Å². The highest BCUT2D eigenvalue weighted by molar-refractivity contribution is 5.78. The summed E-state index contributed by atoms with van der Waals surface area (Å²) in [5.74, 6) is 2.10. The summed E-state index contributed by atoms with van der Waals surface area (Å²) in [6, 6.07) is 5.63. The number of aromatic amines is 1. The molecule has 9 nitrogen and oxygen atoms in total. The fourth-order valence-electron chi connectivity index (χ4n) is 2.57. The Balaban J connectivity index is 1.55. The Bertz CT molecular complexity index is 1040. The number of ether oxygens (including phenoxy) is 2. The molecule has 0 unspecified atom stereocenters. The van der Waals surface area contributed by atoms with Crippen molar-refractivity contribution in [3.05, 3.63) is 43.0 Å². The van der Waals surface area contributed by atoms with Crippen molar-refractivity contribution >= 4 is 0 Å². The molecule has 4 heterocycles. The lowest BCUT2D eigenvalue weighted by molar-refractivity contribution is 0.174. The van der Waals surface area contributed by atoms with Crippen LogP contribution in [0, 0.1) is 0 Å². The third kappa shape index (κ3) is 2.29. The molecular formula is C16H10N6O3. The van der Waals surface area contributed by atoms with Crippen LogP contribution in [0.3, 0.4) is 0 Å². The third-order valence-corrected chi connectivity index (χ3v) is 3.75. The van der Waals surface area contributed by atoms with Crippen molar-refractivity contribution in [2.24, 2.45) is 0 Å². The average Bonchev–Trinajstić information content (AvgIpc) is 3.40. The smallest absolute Gasteiger partial charge is 0.262 e. The number of aromatic nitrogens is 6. The second kappa shape index (κ2) is 5.41. The minimum absolute atomic E-state index is 0.222. The highest BCUT2D eigenvalue weighted by Gasteiger charge is 2.20. The van der Waals surface area contributed by atoms with Crippen molar-refractivity contribution in [1.82, 2.24) is 30.3 Å². The van der Waals surface area contributed by atoms with Crippen LogP contribution in [0.1, 0.15) is 0 Å². The fraction of sp³-hybridized carbons (Fsp3) is 0.0625. The van der Waals surface area contributed by atoms with Crippen LogP contribution in [0.25, 0.3) is 34.2 Å². The number of hydrogen-bond acceptors (Lipinski definition) is 8. The standard InChI is InChI=1S/C16H10N6O3/c1-2-12-13(24-8-23-12)5-9(1)14-10(6-19-21-14)16-20-15(22-25-16)11-7-17-3-4-18-11/h1-7H,8H2,(H,19,21). The zero-order valence-electron chi connectivity index (χ0n) is 12.7. The quantitative estimate of drug-likeness (QED) is 0.607. The van der Waals surface area contributed by atoms with E-state index in [1.165, 1.54) is 0 Å². The monoisotopic (exact) mass is 334 g/mol. The molecule has 0 spiro atoms. The lowest BCUT2D eigenvalue weighted by atomic mass is 10.1. The molecule has 25 heavy (non-hydrogen) atoms.